The number of esters is 2. The van der Waals surface area contributed by atoms with Gasteiger partial charge in [-0.05, 0) is 34.2 Å². The number of hydrogen-bond donors (Lipinski definition) is 1. The van der Waals surface area contributed by atoms with Crippen molar-refractivity contribution in [2.24, 2.45) is 0 Å². The second-order valence-electron chi connectivity index (χ2n) is 10.1. The van der Waals surface area contributed by atoms with E-state index in [9.17, 15) is 19.2 Å². The molecule has 1 aliphatic rings. The molecule has 2 atom stereocenters. The topological polar surface area (TPSA) is 111 Å². The number of thiocarbonyl (C=S) groups is 1. The van der Waals surface area contributed by atoms with E-state index in [-0.39, 0.29) is 38.4 Å². The molecule has 1 N–H and O–H groups in total. The highest BCUT2D eigenvalue weighted by Crippen LogP contribution is 2.44. The molecule has 2 amide bonds. The third-order valence-electron chi connectivity index (χ3n) is 7.38. The number of hydrogen-bond acceptors (Lipinski definition) is 8. The van der Waals surface area contributed by atoms with Crippen LogP contribution in [0, 0.1) is 0 Å². The number of fused-ring (bicyclic) bond motifs is 3. The van der Waals surface area contributed by atoms with Crippen LogP contribution in [0.1, 0.15) is 35.4 Å². The third kappa shape index (κ3) is 7.76. The van der Waals surface area contributed by atoms with Crippen LogP contribution >= 0.6 is 12.2 Å². The number of ether oxygens (including phenoxy) is 3. The lowest BCUT2D eigenvalue weighted by Crippen LogP contribution is -2.54. The number of carbonyl (C=O) groups is 4. The van der Waals surface area contributed by atoms with Crippen LogP contribution in [0.25, 0.3) is 11.1 Å². The second-order valence-corrected chi connectivity index (χ2v) is 10.3. The zero-order valence-electron chi connectivity index (χ0n) is 24.3. The van der Waals surface area contributed by atoms with Gasteiger partial charge in [-0.15, -0.1) is 0 Å². The Labute approximate surface area is 261 Å². The van der Waals surface area contributed by atoms with E-state index in [0.29, 0.717) is 0 Å². The van der Waals surface area contributed by atoms with Crippen LogP contribution in [-0.4, -0.2) is 66.7 Å². The van der Waals surface area contributed by atoms with Crippen molar-refractivity contribution in [3.63, 3.8) is 0 Å². The SMILES string of the molecule is C=CCOC(=O)CC[C@H](NC(=O)OCC1c2ccccc2-c2ccccc21)C(=O)N(C=S)[C@@H](Cc1ccccc1)C(=O)OC. The molecule has 0 spiro atoms. The van der Waals surface area contributed by atoms with Crippen LogP contribution in [0.5, 0.6) is 0 Å². The lowest BCUT2D eigenvalue weighted by molar-refractivity contribution is -0.150. The largest absolute Gasteiger partial charge is 0.467 e. The first kappa shape index (κ1) is 32.1. The third-order valence-corrected chi connectivity index (χ3v) is 7.61. The van der Waals surface area contributed by atoms with Gasteiger partial charge in [0.05, 0.1) is 12.6 Å². The Morgan fingerprint density at radius 2 is 1.55 bits per heavy atom. The first-order chi connectivity index (χ1) is 21.4. The van der Waals surface area contributed by atoms with E-state index in [2.05, 4.69) is 11.9 Å². The highest BCUT2D eigenvalue weighted by atomic mass is 32.1. The minimum Gasteiger partial charge on any atom is -0.467 e. The summed E-state index contributed by atoms with van der Waals surface area (Å²) in [5.74, 6) is -2.16. The molecule has 9 nitrogen and oxygen atoms in total. The van der Waals surface area contributed by atoms with Crippen LogP contribution in [0.4, 0.5) is 4.79 Å². The number of benzene rings is 3. The van der Waals surface area contributed by atoms with Crippen molar-refractivity contribution < 1.29 is 33.4 Å². The van der Waals surface area contributed by atoms with E-state index in [1.54, 1.807) is 0 Å². The Balaban J connectivity index is 1.52. The summed E-state index contributed by atoms with van der Waals surface area (Å²) in [6.07, 6.45) is 0.365. The van der Waals surface area contributed by atoms with Gasteiger partial charge >= 0.3 is 18.0 Å². The molecule has 0 heterocycles. The lowest BCUT2D eigenvalue weighted by Gasteiger charge is -2.30. The van der Waals surface area contributed by atoms with E-state index in [1.165, 1.54) is 13.2 Å². The molecule has 228 valence electrons. The number of alkyl carbamates (subject to hydrolysis) is 1. The molecule has 0 fully saturated rings. The number of carbonyl (C=O) groups excluding carboxylic acids is 4. The van der Waals surface area contributed by atoms with Crippen LogP contribution in [0.15, 0.2) is 91.5 Å². The predicted molar refractivity (Wildman–Crippen MR) is 169 cm³/mol. The van der Waals surface area contributed by atoms with E-state index in [4.69, 9.17) is 26.4 Å². The predicted octanol–water partition coefficient (Wildman–Crippen LogP) is 4.97. The number of nitrogens with zero attached hydrogens (tertiary/aromatic N) is 1. The van der Waals surface area contributed by atoms with Gasteiger partial charge in [0.25, 0.3) is 5.91 Å². The van der Waals surface area contributed by atoms with Gasteiger partial charge in [0.2, 0.25) is 0 Å². The van der Waals surface area contributed by atoms with Gasteiger partial charge in [-0.25, -0.2) is 9.59 Å². The molecular formula is C34H34N2O7S. The molecule has 3 aromatic rings. The van der Waals surface area contributed by atoms with Gasteiger partial charge < -0.3 is 19.5 Å². The molecule has 44 heavy (non-hydrogen) atoms. The first-order valence-electron chi connectivity index (χ1n) is 14.1. The maximum Gasteiger partial charge on any atom is 0.407 e. The normalized spacial score (nSPS) is 12.9. The fourth-order valence-corrected chi connectivity index (χ4v) is 5.50. The molecule has 0 radical (unpaired) electrons. The van der Waals surface area contributed by atoms with Crippen LogP contribution in [-0.2, 0) is 35.0 Å². The lowest BCUT2D eigenvalue weighted by atomic mass is 9.98. The smallest absolute Gasteiger partial charge is 0.407 e. The summed E-state index contributed by atoms with van der Waals surface area (Å²) >= 11 is 5.16. The fraction of sp³-hybridized carbons (Fsp3) is 0.265. The molecule has 1 aliphatic carbocycles. The maximum absolute atomic E-state index is 13.9. The van der Waals surface area contributed by atoms with Crippen molar-refractivity contribution >= 4 is 41.6 Å². The summed E-state index contributed by atoms with van der Waals surface area (Å²) < 4.78 is 15.7. The quantitative estimate of drug-likeness (QED) is 0.117. The summed E-state index contributed by atoms with van der Waals surface area (Å²) in [6.45, 7) is 3.55. The summed E-state index contributed by atoms with van der Waals surface area (Å²) in [5, 5.41) is 2.59. The Morgan fingerprint density at radius 3 is 2.14 bits per heavy atom. The van der Waals surface area contributed by atoms with E-state index >= 15 is 0 Å². The number of nitrogens with one attached hydrogen (secondary N) is 1. The second kappa shape index (κ2) is 15.6. The van der Waals surface area contributed by atoms with E-state index < -0.39 is 36.0 Å². The van der Waals surface area contributed by atoms with Crippen molar-refractivity contribution in [3.05, 3.63) is 108 Å². The molecule has 0 aromatic heterocycles. The van der Waals surface area contributed by atoms with Crippen LogP contribution in [0.3, 0.4) is 0 Å². The Bertz CT molecular complexity index is 1460. The molecule has 0 bridgehead atoms. The van der Waals surface area contributed by atoms with Crippen LogP contribution in [0.2, 0.25) is 0 Å². The van der Waals surface area contributed by atoms with Crippen molar-refractivity contribution in [2.75, 3.05) is 20.3 Å². The van der Waals surface area contributed by atoms with Gasteiger partial charge in [-0.1, -0.05) is 104 Å². The first-order valence-corrected chi connectivity index (χ1v) is 14.6. The maximum atomic E-state index is 13.9. The highest BCUT2D eigenvalue weighted by Gasteiger charge is 2.35. The fourth-order valence-electron chi connectivity index (χ4n) is 5.25. The van der Waals surface area contributed by atoms with Crippen molar-refractivity contribution in [3.8, 4) is 11.1 Å². The zero-order chi connectivity index (χ0) is 31.5. The Morgan fingerprint density at radius 1 is 0.932 bits per heavy atom. The van der Waals surface area contributed by atoms with E-state index in [0.717, 1.165) is 38.2 Å². The number of rotatable bonds is 14. The Hall–Kier alpha value is -4.83. The molecule has 0 saturated carbocycles. The van der Waals surface area contributed by atoms with Gasteiger partial charge in [-0.3, -0.25) is 14.5 Å². The van der Waals surface area contributed by atoms with E-state index in [1.807, 2.05) is 78.9 Å². The molecule has 10 heteroatoms. The standard InChI is InChI=1S/C34H34N2O7S/c1-3-19-42-31(37)18-17-29(32(38)36(22-44)30(33(39)41-2)20-23-11-5-4-6-12-23)35-34(40)43-21-28-26-15-9-7-13-24(26)25-14-8-10-16-27(25)28/h3-16,22,28-30H,1,17-21H2,2H3,(H,35,40)/t29-,30-/m0/s1. The number of amides is 2. The van der Waals surface area contributed by atoms with Gasteiger partial charge in [0.15, 0.2) is 0 Å². The van der Waals surface area contributed by atoms with Gasteiger partial charge in [0.1, 0.15) is 25.3 Å². The van der Waals surface area contributed by atoms with Gasteiger partial charge in [0, 0.05) is 18.8 Å². The molecule has 0 saturated heterocycles. The van der Waals surface area contributed by atoms with Crippen LogP contribution < -0.4 is 5.32 Å². The molecule has 3 aromatic carbocycles. The summed E-state index contributed by atoms with van der Waals surface area (Å²) in [5.41, 5.74) is 6.04. The average molecular weight is 615 g/mol. The monoisotopic (exact) mass is 614 g/mol. The molecular weight excluding hydrogens is 580 g/mol. The van der Waals surface area contributed by atoms with Crippen molar-refractivity contribution in [1.29, 1.82) is 0 Å². The van der Waals surface area contributed by atoms with Crippen molar-refractivity contribution in [1.82, 2.24) is 10.2 Å². The molecule has 4 rings (SSSR count). The molecule has 0 aliphatic heterocycles. The van der Waals surface area contributed by atoms with Crippen molar-refractivity contribution in [2.45, 2.75) is 37.3 Å². The number of methoxy groups -OCH3 is 1. The molecule has 0 unspecified atom stereocenters. The Kier molecular flexibility index (Phi) is 11.4. The summed E-state index contributed by atoms with van der Waals surface area (Å²) in [4.78, 5) is 53.2. The summed E-state index contributed by atoms with van der Waals surface area (Å²) in [6, 6.07) is 22.6. The zero-order valence-corrected chi connectivity index (χ0v) is 25.2. The summed E-state index contributed by atoms with van der Waals surface area (Å²) in [7, 11) is 1.22. The highest BCUT2D eigenvalue weighted by molar-refractivity contribution is 7.78. The average Bonchev–Trinajstić information content (AvgIpc) is 3.38. The minimum atomic E-state index is -1.26. The van der Waals surface area contributed by atoms with Gasteiger partial charge in [-0.2, -0.15) is 0 Å². The minimum absolute atomic E-state index is 0.00477.